The van der Waals surface area contributed by atoms with Crippen LogP contribution in [-0.4, -0.2) is 22.9 Å². The van der Waals surface area contributed by atoms with Crippen LogP contribution in [0.4, 0.5) is 0 Å². The molecule has 0 aliphatic heterocycles. The zero-order valence-corrected chi connectivity index (χ0v) is 14.8. The third kappa shape index (κ3) is 3.09. The van der Waals surface area contributed by atoms with E-state index in [-0.39, 0.29) is 0 Å². The second kappa shape index (κ2) is 6.69. The van der Waals surface area contributed by atoms with Gasteiger partial charge in [-0.2, -0.15) is 0 Å². The number of ether oxygens (including phenoxy) is 1. The van der Waals surface area contributed by atoms with Crippen molar-refractivity contribution in [3.05, 3.63) is 53.6 Å². The highest BCUT2D eigenvalue weighted by Gasteiger charge is 2.17. The first-order valence-electron chi connectivity index (χ1n) is 7.15. The molecule has 1 aromatic heterocycles. The average molecular weight is 345 g/mol. The predicted molar refractivity (Wildman–Crippen MR) is 97.4 cm³/mol. The summed E-state index contributed by atoms with van der Waals surface area (Å²) in [6.07, 6.45) is 2.03. The SMILES string of the molecule is COc1ccc(-c2nc(SC)n(C)c2-c2ccc(Cl)cc2)cc1. The van der Waals surface area contributed by atoms with E-state index in [1.54, 1.807) is 18.9 Å². The minimum absolute atomic E-state index is 0.729. The lowest BCUT2D eigenvalue weighted by molar-refractivity contribution is 0.415. The number of rotatable bonds is 4. The lowest BCUT2D eigenvalue weighted by Crippen LogP contribution is -1.94. The first-order valence-corrected chi connectivity index (χ1v) is 8.75. The number of halogens is 1. The van der Waals surface area contributed by atoms with Gasteiger partial charge < -0.3 is 9.30 Å². The van der Waals surface area contributed by atoms with Crippen molar-refractivity contribution in [3.63, 3.8) is 0 Å². The van der Waals surface area contributed by atoms with E-state index in [2.05, 4.69) is 4.57 Å². The Balaban J connectivity index is 2.17. The number of nitrogens with zero attached hydrogens (tertiary/aromatic N) is 2. The van der Waals surface area contributed by atoms with E-state index >= 15 is 0 Å². The smallest absolute Gasteiger partial charge is 0.168 e. The Kier molecular flexibility index (Phi) is 4.64. The third-order valence-electron chi connectivity index (χ3n) is 3.72. The van der Waals surface area contributed by atoms with Crippen molar-refractivity contribution in [2.75, 3.05) is 13.4 Å². The van der Waals surface area contributed by atoms with Gasteiger partial charge in [-0.25, -0.2) is 4.98 Å². The number of benzene rings is 2. The average Bonchev–Trinajstić information content (AvgIpc) is 2.92. The number of methoxy groups -OCH3 is 1. The summed E-state index contributed by atoms with van der Waals surface area (Å²) >= 11 is 7.65. The molecule has 3 rings (SSSR count). The standard InChI is InChI=1S/C18H17ClN2OS/c1-21-17(13-4-8-14(19)9-5-13)16(20-18(21)23-3)12-6-10-15(22-2)11-7-12/h4-11H,1-3H3. The Bertz CT molecular complexity index is 810. The van der Waals surface area contributed by atoms with Gasteiger partial charge in [0.2, 0.25) is 0 Å². The second-order valence-corrected chi connectivity index (χ2v) is 6.30. The highest BCUT2D eigenvalue weighted by atomic mass is 35.5. The molecule has 2 aromatic carbocycles. The van der Waals surface area contributed by atoms with Gasteiger partial charge in [0, 0.05) is 23.2 Å². The van der Waals surface area contributed by atoms with Crippen molar-refractivity contribution < 1.29 is 4.74 Å². The fourth-order valence-electron chi connectivity index (χ4n) is 2.55. The fourth-order valence-corrected chi connectivity index (χ4v) is 3.22. The summed E-state index contributed by atoms with van der Waals surface area (Å²) in [5, 5.41) is 1.70. The van der Waals surface area contributed by atoms with Crippen LogP contribution in [0.15, 0.2) is 53.7 Å². The van der Waals surface area contributed by atoms with Gasteiger partial charge in [-0.1, -0.05) is 35.5 Å². The Morgan fingerprint density at radius 1 is 1.00 bits per heavy atom. The van der Waals surface area contributed by atoms with Crippen LogP contribution in [0.2, 0.25) is 5.02 Å². The fraction of sp³-hybridized carbons (Fsp3) is 0.167. The molecular weight excluding hydrogens is 328 g/mol. The van der Waals surface area contributed by atoms with E-state index in [0.717, 1.165) is 38.4 Å². The number of thioether (sulfide) groups is 1. The summed E-state index contributed by atoms with van der Waals surface area (Å²) in [6.45, 7) is 0. The maximum absolute atomic E-state index is 6.02. The first-order chi connectivity index (χ1) is 11.1. The molecule has 0 aliphatic rings. The van der Waals surface area contributed by atoms with Crippen LogP contribution in [0.5, 0.6) is 5.75 Å². The van der Waals surface area contributed by atoms with Crippen molar-refractivity contribution in [3.8, 4) is 28.3 Å². The highest BCUT2D eigenvalue weighted by Crippen LogP contribution is 2.35. The van der Waals surface area contributed by atoms with Gasteiger partial charge >= 0.3 is 0 Å². The Hall–Kier alpha value is -1.91. The molecule has 0 N–H and O–H groups in total. The summed E-state index contributed by atoms with van der Waals surface area (Å²) in [5.74, 6) is 0.836. The molecular formula is C18H17ClN2OS. The van der Waals surface area contributed by atoms with Crippen LogP contribution >= 0.6 is 23.4 Å². The minimum atomic E-state index is 0.729. The number of hydrogen-bond acceptors (Lipinski definition) is 3. The van der Waals surface area contributed by atoms with E-state index in [1.807, 2.05) is 61.8 Å². The third-order valence-corrected chi connectivity index (χ3v) is 4.70. The molecule has 23 heavy (non-hydrogen) atoms. The van der Waals surface area contributed by atoms with Gasteiger partial charge in [-0.05, 0) is 42.7 Å². The number of imidazole rings is 1. The Morgan fingerprint density at radius 3 is 2.17 bits per heavy atom. The Labute approximate surface area is 145 Å². The largest absolute Gasteiger partial charge is 0.497 e. The summed E-state index contributed by atoms with van der Waals surface area (Å²) in [5.41, 5.74) is 4.19. The predicted octanol–water partition coefficient (Wildman–Crippen LogP) is 5.14. The Morgan fingerprint density at radius 2 is 1.61 bits per heavy atom. The molecule has 1 heterocycles. The highest BCUT2D eigenvalue weighted by molar-refractivity contribution is 7.98. The maximum Gasteiger partial charge on any atom is 0.168 e. The lowest BCUT2D eigenvalue weighted by atomic mass is 10.0. The molecule has 0 unspecified atom stereocenters. The summed E-state index contributed by atoms with van der Waals surface area (Å²) in [6, 6.07) is 15.8. The maximum atomic E-state index is 6.02. The lowest BCUT2D eigenvalue weighted by Gasteiger charge is -2.08. The van der Waals surface area contributed by atoms with Crippen LogP contribution in [0, 0.1) is 0 Å². The van der Waals surface area contributed by atoms with Gasteiger partial charge in [0.1, 0.15) is 5.75 Å². The zero-order valence-electron chi connectivity index (χ0n) is 13.2. The van der Waals surface area contributed by atoms with Crippen molar-refractivity contribution in [2.24, 2.45) is 7.05 Å². The molecule has 0 bridgehead atoms. The van der Waals surface area contributed by atoms with Crippen LogP contribution in [0.25, 0.3) is 22.5 Å². The number of hydrogen-bond donors (Lipinski definition) is 0. The van der Waals surface area contributed by atoms with Crippen molar-refractivity contribution in [2.45, 2.75) is 5.16 Å². The molecule has 0 fully saturated rings. The monoisotopic (exact) mass is 344 g/mol. The molecule has 0 spiro atoms. The summed E-state index contributed by atoms with van der Waals surface area (Å²) < 4.78 is 7.36. The van der Waals surface area contributed by atoms with Crippen molar-refractivity contribution in [1.29, 1.82) is 0 Å². The second-order valence-electron chi connectivity index (χ2n) is 5.09. The molecule has 118 valence electrons. The quantitative estimate of drug-likeness (QED) is 0.613. The van der Waals surface area contributed by atoms with Crippen LogP contribution in [-0.2, 0) is 7.05 Å². The normalized spacial score (nSPS) is 10.8. The van der Waals surface area contributed by atoms with Gasteiger partial charge in [-0.3, -0.25) is 0 Å². The van der Waals surface area contributed by atoms with Gasteiger partial charge in [-0.15, -0.1) is 0 Å². The molecule has 0 aliphatic carbocycles. The molecule has 3 nitrogen and oxygen atoms in total. The van der Waals surface area contributed by atoms with Crippen LogP contribution in [0.1, 0.15) is 0 Å². The molecule has 0 saturated carbocycles. The molecule has 5 heteroatoms. The van der Waals surface area contributed by atoms with E-state index in [4.69, 9.17) is 21.3 Å². The molecule has 3 aromatic rings. The van der Waals surface area contributed by atoms with Crippen molar-refractivity contribution >= 4 is 23.4 Å². The topological polar surface area (TPSA) is 27.1 Å². The zero-order chi connectivity index (χ0) is 16.4. The van der Waals surface area contributed by atoms with Crippen molar-refractivity contribution in [1.82, 2.24) is 9.55 Å². The van der Waals surface area contributed by atoms with Crippen LogP contribution < -0.4 is 4.74 Å². The first kappa shape index (κ1) is 16.0. The van der Waals surface area contributed by atoms with E-state index in [0.29, 0.717) is 0 Å². The molecule has 0 amide bonds. The molecule has 0 radical (unpaired) electrons. The summed E-state index contributed by atoms with van der Waals surface area (Å²) in [4.78, 5) is 4.80. The van der Waals surface area contributed by atoms with Gasteiger partial charge in [0.25, 0.3) is 0 Å². The molecule has 0 atom stereocenters. The molecule has 0 saturated heterocycles. The van der Waals surface area contributed by atoms with E-state index < -0.39 is 0 Å². The summed E-state index contributed by atoms with van der Waals surface area (Å²) in [7, 11) is 3.70. The van der Waals surface area contributed by atoms with Crippen LogP contribution in [0.3, 0.4) is 0 Å². The minimum Gasteiger partial charge on any atom is -0.497 e. The number of aromatic nitrogens is 2. The van der Waals surface area contributed by atoms with E-state index in [9.17, 15) is 0 Å². The van der Waals surface area contributed by atoms with Gasteiger partial charge in [0.15, 0.2) is 5.16 Å². The van der Waals surface area contributed by atoms with E-state index in [1.165, 1.54) is 0 Å². The van der Waals surface area contributed by atoms with Gasteiger partial charge in [0.05, 0.1) is 18.5 Å².